The molecule has 0 aliphatic heterocycles. The van der Waals surface area contributed by atoms with Crippen LogP contribution in [0.15, 0.2) is 52.4 Å². The molecule has 0 aliphatic carbocycles. The fraction of sp³-hybridized carbons (Fsp3) is 0.400. The van der Waals surface area contributed by atoms with Crippen LogP contribution in [0.2, 0.25) is 10.0 Å². The Morgan fingerprint density at radius 2 is 1.55 bits per heavy atom. The Morgan fingerprint density at radius 3 is 2.11 bits per heavy atom. The maximum absolute atomic E-state index is 13.2. The number of hydrogen-bond acceptors (Lipinski definition) is 7. The number of carboxylic acid groups (broad SMARTS) is 1. The standard InChI is InChI=1S/C28H39Cl2N9O4.C2H4O2/c1-2-39(13-11-18-7-10-20(29)21(30)14-18)24(41)16-36-25(42)22(4-3-12-35-27(31)32)37-26(43)23(38-28(33)34)15-17-5-8-19(40)9-6-17;1-2(3)4/h5-10,14,22-23,40H,2-4,11-13,15-16H2,1H3,(H,36,42)(H,37,43)(H4,31,32,35)(H4,33,34,38);1H3,(H,3,4)/t22-,23+;/m1./s1. The molecule has 0 saturated heterocycles. The zero-order valence-corrected chi connectivity index (χ0v) is 27.8. The molecule has 0 unspecified atom stereocenters. The molecule has 3 amide bonds. The third-order valence-corrected chi connectivity index (χ3v) is 7.09. The first kappa shape index (κ1) is 40.3. The summed E-state index contributed by atoms with van der Waals surface area (Å²) in [6.07, 6.45) is 1.18. The lowest BCUT2D eigenvalue weighted by Gasteiger charge is -2.23. The fourth-order valence-corrected chi connectivity index (χ4v) is 4.41. The van der Waals surface area contributed by atoms with Gasteiger partial charge in [-0.05, 0) is 61.6 Å². The molecule has 2 aromatic rings. The number of nitrogens with one attached hydrogen (secondary N) is 2. The second-order valence-electron chi connectivity index (χ2n) is 10.2. The number of benzene rings is 2. The number of phenols is 1. The van der Waals surface area contributed by atoms with Crippen LogP contribution >= 0.6 is 23.2 Å². The first-order valence-electron chi connectivity index (χ1n) is 14.5. The van der Waals surface area contributed by atoms with E-state index in [1.54, 1.807) is 29.2 Å². The number of amides is 3. The molecule has 2 atom stereocenters. The minimum absolute atomic E-state index is 0.0645. The Labute approximate surface area is 283 Å². The number of nitrogens with two attached hydrogens (primary N) is 4. The van der Waals surface area contributed by atoms with Crippen LogP contribution in [0.4, 0.5) is 0 Å². The lowest BCUT2D eigenvalue weighted by molar-refractivity contribution is -0.134. The maximum atomic E-state index is 13.2. The fourth-order valence-electron chi connectivity index (χ4n) is 4.09. The van der Waals surface area contributed by atoms with E-state index in [4.69, 9.17) is 56.0 Å². The van der Waals surface area contributed by atoms with Crippen LogP contribution in [0, 0.1) is 0 Å². The lowest BCUT2D eigenvalue weighted by atomic mass is 10.0. The van der Waals surface area contributed by atoms with Gasteiger partial charge in [0.05, 0.1) is 16.6 Å². The van der Waals surface area contributed by atoms with Crippen LogP contribution in [-0.2, 0) is 32.0 Å². The molecule has 0 fully saturated rings. The topological polar surface area (TPSA) is 265 Å². The van der Waals surface area contributed by atoms with Crippen molar-refractivity contribution in [1.29, 1.82) is 0 Å². The number of hydrogen-bond donors (Lipinski definition) is 8. The molecular formula is C30H43Cl2N9O6. The van der Waals surface area contributed by atoms with Gasteiger partial charge in [0, 0.05) is 33.0 Å². The van der Waals surface area contributed by atoms with E-state index < -0.39 is 29.9 Å². The highest BCUT2D eigenvalue weighted by Crippen LogP contribution is 2.23. The van der Waals surface area contributed by atoms with Crippen molar-refractivity contribution < 1.29 is 29.4 Å². The van der Waals surface area contributed by atoms with Gasteiger partial charge in [0.15, 0.2) is 11.9 Å². The Bertz CT molecular complexity index is 1390. The molecular weight excluding hydrogens is 653 g/mol. The molecule has 0 heterocycles. The summed E-state index contributed by atoms with van der Waals surface area (Å²) in [6, 6.07) is 9.40. The van der Waals surface area contributed by atoms with Crippen molar-refractivity contribution in [3.8, 4) is 5.75 Å². The highest BCUT2D eigenvalue weighted by molar-refractivity contribution is 6.42. The molecule has 2 aromatic carbocycles. The number of aliphatic carboxylic acids is 1. The number of phenolic OH excluding ortho intramolecular Hbond substituents is 1. The third-order valence-electron chi connectivity index (χ3n) is 6.35. The molecule has 0 aromatic heterocycles. The predicted molar refractivity (Wildman–Crippen MR) is 182 cm³/mol. The Morgan fingerprint density at radius 1 is 0.936 bits per heavy atom. The largest absolute Gasteiger partial charge is 0.508 e. The summed E-state index contributed by atoms with van der Waals surface area (Å²) >= 11 is 12.1. The predicted octanol–water partition coefficient (Wildman–Crippen LogP) is 0.720. The van der Waals surface area contributed by atoms with Crippen LogP contribution in [0.25, 0.3) is 0 Å². The molecule has 17 heteroatoms. The summed E-state index contributed by atoms with van der Waals surface area (Å²) in [5.41, 5.74) is 23.5. The van der Waals surface area contributed by atoms with Gasteiger partial charge >= 0.3 is 0 Å². The monoisotopic (exact) mass is 695 g/mol. The molecule has 0 bridgehead atoms. The van der Waals surface area contributed by atoms with Gasteiger partial charge in [-0.25, -0.2) is 4.99 Å². The van der Waals surface area contributed by atoms with Crippen LogP contribution < -0.4 is 33.6 Å². The van der Waals surface area contributed by atoms with Gasteiger partial charge in [0.1, 0.15) is 17.8 Å². The Kier molecular flexibility index (Phi) is 18.1. The smallest absolute Gasteiger partial charge is 0.300 e. The summed E-state index contributed by atoms with van der Waals surface area (Å²) in [4.78, 5) is 57.9. The quantitative estimate of drug-likeness (QED) is 0.0692. The number of aromatic hydroxyl groups is 1. The summed E-state index contributed by atoms with van der Waals surface area (Å²) in [6.45, 7) is 3.69. The van der Waals surface area contributed by atoms with E-state index in [1.807, 2.05) is 13.0 Å². The summed E-state index contributed by atoms with van der Waals surface area (Å²) in [5.74, 6) is -2.65. The van der Waals surface area contributed by atoms with Gasteiger partial charge < -0.3 is 48.7 Å². The molecule has 0 saturated carbocycles. The Hall–Kier alpha value is -4.76. The number of likely N-dealkylation sites (N-methyl/N-ethyl adjacent to an activating group) is 1. The Balaban J connectivity index is 0.00000260. The number of carbonyl (C=O) groups is 4. The van der Waals surface area contributed by atoms with Crippen molar-refractivity contribution in [1.82, 2.24) is 15.5 Å². The molecule has 47 heavy (non-hydrogen) atoms. The minimum atomic E-state index is -1.05. The first-order chi connectivity index (χ1) is 22.1. The van der Waals surface area contributed by atoms with Crippen LogP contribution in [0.3, 0.4) is 0 Å². The van der Waals surface area contributed by atoms with Crippen molar-refractivity contribution in [2.45, 2.75) is 51.6 Å². The van der Waals surface area contributed by atoms with Crippen molar-refractivity contribution in [3.63, 3.8) is 0 Å². The second-order valence-corrected chi connectivity index (χ2v) is 11.0. The van der Waals surface area contributed by atoms with Crippen LogP contribution in [0.5, 0.6) is 5.75 Å². The van der Waals surface area contributed by atoms with Crippen LogP contribution in [0.1, 0.15) is 37.8 Å². The van der Waals surface area contributed by atoms with Gasteiger partial charge in [-0.3, -0.25) is 24.2 Å². The van der Waals surface area contributed by atoms with E-state index in [-0.39, 0.29) is 49.5 Å². The number of carboxylic acids is 1. The average Bonchev–Trinajstić information content (AvgIpc) is 2.99. The van der Waals surface area contributed by atoms with Crippen molar-refractivity contribution in [2.24, 2.45) is 32.9 Å². The van der Waals surface area contributed by atoms with Gasteiger partial charge in [-0.15, -0.1) is 0 Å². The summed E-state index contributed by atoms with van der Waals surface area (Å²) < 4.78 is 0. The van der Waals surface area contributed by atoms with E-state index in [0.717, 1.165) is 12.5 Å². The van der Waals surface area contributed by atoms with Gasteiger partial charge in [0.2, 0.25) is 17.7 Å². The number of carbonyl (C=O) groups excluding carboxylic acids is 3. The molecule has 0 spiro atoms. The number of halogens is 2. The number of guanidine groups is 2. The molecule has 15 nitrogen and oxygen atoms in total. The van der Waals surface area contributed by atoms with E-state index in [2.05, 4.69) is 20.6 Å². The van der Waals surface area contributed by atoms with E-state index in [9.17, 15) is 19.5 Å². The second kappa shape index (κ2) is 21.1. The highest BCUT2D eigenvalue weighted by Gasteiger charge is 2.26. The maximum Gasteiger partial charge on any atom is 0.300 e. The lowest BCUT2D eigenvalue weighted by Crippen LogP contribution is -2.52. The molecule has 258 valence electrons. The van der Waals surface area contributed by atoms with Crippen LogP contribution in [-0.4, -0.2) is 89.0 Å². The summed E-state index contributed by atoms with van der Waals surface area (Å²) in [5, 5.41) is 23.2. The number of nitrogens with zero attached hydrogens (tertiary/aromatic N) is 3. The van der Waals surface area contributed by atoms with Gasteiger partial charge in [-0.1, -0.05) is 41.4 Å². The molecule has 12 N–H and O–H groups in total. The van der Waals surface area contributed by atoms with Gasteiger partial charge in [-0.2, -0.15) is 0 Å². The zero-order chi connectivity index (χ0) is 35.5. The molecule has 2 rings (SSSR count). The molecule has 0 radical (unpaired) electrons. The SMILES string of the molecule is CC(=O)O.CCN(CCc1ccc(Cl)c(Cl)c1)C(=O)CNC(=O)[C@@H](CCCN=C(N)N)NC(=O)[C@H](Cc1ccc(O)cc1)N=C(N)N. The molecule has 0 aliphatic rings. The van der Waals surface area contributed by atoms with Crippen molar-refractivity contribution >= 4 is 58.8 Å². The first-order valence-corrected chi connectivity index (χ1v) is 15.3. The third kappa shape index (κ3) is 16.9. The van der Waals surface area contributed by atoms with E-state index in [1.165, 1.54) is 12.1 Å². The number of rotatable bonds is 16. The van der Waals surface area contributed by atoms with E-state index in [0.29, 0.717) is 41.5 Å². The summed E-state index contributed by atoms with van der Waals surface area (Å²) in [7, 11) is 0. The highest BCUT2D eigenvalue weighted by atomic mass is 35.5. The zero-order valence-electron chi connectivity index (χ0n) is 26.3. The van der Waals surface area contributed by atoms with Gasteiger partial charge in [0.25, 0.3) is 5.97 Å². The average molecular weight is 697 g/mol. The number of aliphatic imine (C=N–C) groups is 2. The minimum Gasteiger partial charge on any atom is -0.508 e. The van der Waals surface area contributed by atoms with E-state index >= 15 is 0 Å². The van der Waals surface area contributed by atoms with Crippen molar-refractivity contribution in [3.05, 3.63) is 63.6 Å². The van der Waals surface area contributed by atoms with Crippen molar-refractivity contribution in [2.75, 3.05) is 26.2 Å². The normalized spacial score (nSPS) is 11.5.